The van der Waals surface area contributed by atoms with Crippen LogP contribution in [0.5, 0.6) is 0 Å². The van der Waals surface area contributed by atoms with Gasteiger partial charge in [-0.05, 0) is 30.5 Å². The first-order valence-corrected chi connectivity index (χ1v) is 8.87. The second-order valence-electron chi connectivity index (χ2n) is 6.58. The zero-order valence-corrected chi connectivity index (χ0v) is 14.6. The van der Waals surface area contributed by atoms with Crippen molar-refractivity contribution in [2.24, 2.45) is 0 Å². The molecule has 1 aliphatic heterocycles. The molecule has 2 aliphatic rings. The predicted octanol–water partition coefficient (Wildman–Crippen LogP) is 2.69. The minimum atomic E-state index is -0.698. The number of halogens is 1. The van der Waals surface area contributed by atoms with E-state index in [1.54, 1.807) is 24.1 Å². The maximum atomic E-state index is 12.8. The number of hydrogen-bond donors (Lipinski definition) is 1. The maximum absolute atomic E-state index is 12.8. The Kier molecular flexibility index (Phi) is 5.41. The van der Waals surface area contributed by atoms with Crippen LogP contribution in [-0.2, 0) is 14.3 Å². The number of nitrogens with zero attached hydrogens (tertiary/aromatic N) is 1. The van der Waals surface area contributed by atoms with E-state index in [0.29, 0.717) is 5.02 Å². The lowest BCUT2D eigenvalue weighted by molar-refractivity contribution is -0.162. The molecule has 0 bridgehead atoms. The van der Waals surface area contributed by atoms with E-state index in [1.165, 1.54) is 6.42 Å². The summed E-state index contributed by atoms with van der Waals surface area (Å²) in [6.45, 7) is -0.0661. The molecule has 0 radical (unpaired) electrons. The molecule has 1 heterocycles. The molecule has 1 saturated carbocycles. The van der Waals surface area contributed by atoms with E-state index in [4.69, 9.17) is 16.3 Å². The summed E-state index contributed by atoms with van der Waals surface area (Å²) in [5.74, 6) is -0.266. The Labute approximate surface area is 147 Å². The molecule has 1 aliphatic carbocycles. The van der Waals surface area contributed by atoms with Gasteiger partial charge < -0.3 is 15.0 Å². The molecule has 1 aromatic rings. The fraction of sp³-hybridized carbons (Fsp3) is 0.556. The van der Waals surface area contributed by atoms with E-state index >= 15 is 0 Å². The van der Waals surface area contributed by atoms with Crippen LogP contribution in [0, 0.1) is 0 Å². The summed E-state index contributed by atoms with van der Waals surface area (Å²) >= 11 is 5.95. The third-order valence-electron chi connectivity index (χ3n) is 4.91. The molecule has 2 fully saturated rings. The zero-order valence-electron chi connectivity index (χ0n) is 13.8. The fourth-order valence-corrected chi connectivity index (χ4v) is 3.65. The van der Waals surface area contributed by atoms with Crippen LogP contribution in [0.4, 0.5) is 0 Å². The molecule has 3 rings (SSSR count). The second-order valence-corrected chi connectivity index (χ2v) is 7.01. The standard InChI is InChI=1S/C18H23ClN2O3/c1-21-15(22)11-24-17(16(21)12-7-9-13(19)10-8-12)18(23)20-14-5-3-2-4-6-14/h7-10,14,16-17H,2-6,11H2,1H3,(H,20,23)/t16-,17+/m1/s1. The third kappa shape index (κ3) is 3.73. The molecule has 1 saturated heterocycles. The molecule has 5 nitrogen and oxygen atoms in total. The van der Waals surface area contributed by atoms with Gasteiger partial charge in [0.05, 0.1) is 6.04 Å². The van der Waals surface area contributed by atoms with Crippen molar-refractivity contribution in [1.82, 2.24) is 10.2 Å². The van der Waals surface area contributed by atoms with Crippen LogP contribution in [0.15, 0.2) is 24.3 Å². The Bertz CT molecular complexity index is 599. The highest BCUT2D eigenvalue weighted by molar-refractivity contribution is 6.30. The topological polar surface area (TPSA) is 58.6 Å². The third-order valence-corrected chi connectivity index (χ3v) is 5.16. The first-order valence-electron chi connectivity index (χ1n) is 8.49. The fourth-order valence-electron chi connectivity index (χ4n) is 3.52. The van der Waals surface area contributed by atoms with Gasteiger partial charge >= 0.3 is 0 Å². The molecule has 1 N–H and O–H groups in total. The first kappa shape index (κ1) is 17.2. The molecule has 2 amide bonds. The Morgan fingerprint density at radius 1 is 1.21 bits per heavy atom. The summed E-state index contributed by atoms with van der Waals surface area (Å²) in [6, 6.07) is 6.98. The normalized spacial score (nSPS) is 25.6. The van der Waals surface area contributed by atoms with Crippen LogP contribution in [0.2, 0.25) is 5.02 Å². The van der Waals surface area contributed by atoms with Crippen molar-refractivity contribution in [3.8, 4) is 0 Å². The van der Waals surface area contributed by atoms with Gasteiger partial charge in [0.15, 0.2) is 6.10 Å². The maximum Gasteiger partial charge on any atom is 0.251 e. The van der Waals surface area contributed by atoms with Crippen molar-refractivity contribution in [1.29, 1.82) is 0 Å². The number of carbonyl (C=O) groups is 2. The summed E-state index contributed by atoms with van der Waals surface area (Å²) in [7, 11) is 1.71. The number of benzene rings is 1. The average molecular weight is 351 g/mol. The number of amides is 2. The molecule has 2 atom stereocenters. The lowest BCUT2D eigenvalue weighted by Crippen LogP contribution is -2.54. The molecular weight excluding hydrogens is 328 g/mol. The minimum Gasteiger partial charge on any atom is -0.356 e. The van der Waals surface area contributed by atoms with Gasteiger partial charge in [-0.25, -0.2) is 0 Å². The van der Waals surface area contributed by atoms with Crippen molar-refractivity contribution in [3.63, 3.8) is 0 Å². The first-order chi connectivity index (χ1) is 11.6. The molecule has 130 valence electrons. The van der Waals surface area contributed by atoms with Gasteiger partial charge in [0.2, 0.25) is 5.91 Å². The lowest BCUT2D eigenvalue weighted by Gasteiger charge is -2.39. The van der Waals surface area contributed by atoms with Gasteiger partial charge in [-0.3, -0.25) is 9.59 Å². The Morgan fingerprint density at radius 2 is 1.88 bits per heavy atom. The van der Waals surface area contributed by atoms with Gasteiger partial charge in [0.1, 0.15) is 6.61 Å². The molecule has 24 heavy (non-hydrogen) atoms. The highest BCUT2D eigenvalue weighted by Gasteiger charge is 2.40. The van der Waals surface area contributed by atoms with Crippen molar-refractivity contribution in [2.75, 3.05) is 13.7 Å². The second kappa shape index (κ2) is 7.53. The number of hydrogen-bond acceptors (Lipinski definition) is 3. The Balaban J connectivity index is 1.79. The van der Waals surface area contributed by atoms with Crippen LogP contribution < -0.4 is 5.32 Å². The Hall–Kier alpha value is -1.59. The van der Waals surface area contributed by atoms with Crippen LogP contribution in [-0.4, -0.2) is 42.5 Å². The molecule has 0 spiro atoms. The van der Waals surface area contributed by atoms with E-state index in [1.807, 2.05) is 12.1 Å². The summed E-state index contributed by atoms with van der Waals surface area (Å²) in [5, 5.41) is 3.73. The zero-order chi connectivity index (χ0) is 17.1. The minimum absolute atomic E-state index is 0.0661. The van der Waals surface area contributed by atoms with E-state index < -0.39 is 12.1 Å². The molecular formula is C18H23ClN2O3. The summed E-state index contributed by atoms with van der Waals surface area (Å²) in [4.78, 5) is 26.4. The monoisotopic (exact) mass is 350 g/mol. The van der Waals surface area contributed by atoms with Crippen LogP contribution >= 0.6 is 11.6 Å². The van der Waals surface area contributed by atoms with Crippen molar-refractivity contribution < 1.29 is 14.3 Å². The van der Waals surface area contributed by atoms with E-state index in [2.05, 4.69) is 5.32 Å². The summed E-state index contributed by atoms with van der Waals surface area (Å²) in [6.07, 6.45) is 4.86. The van der Waals surface area contributed by atoms with Crippen molar-refractivity contribution in [3.05, 3.63) is 34.9 Å². The SMILES string of the molecule is CN1C(=O)CO[C@H](C(=O)NC2CCCCC2)[C@H]1c1ccc(Cl)cc1. The number of nitrogens with one attached hydrogen (secondary N) is 1. The Morgan fingerprint density at radius 3 is 2.54 bits per heavy atom. The summed E-state index contributed by atoms with van der Waals surface area (Å²) < 4.78 is 5.63. The largest absolute Gasteiger partial charge is 0.356 e. The van der Waals surface area contributed by atoms with Crippen molar-refractivity contribution in [2.45, 2.75) is 50.3 Å². The van der Waals surface area contributed by atoms with Gasteiger partial charge in [-0.2, -0.15) is 0 Å². The van der Waals surface area contributed by atoms with Gasteiger partial charge in [-0.15, -0.1) is 0 Å². The number of morpholine rings is 1. The van der Waals surface area contributed by atoms with E-state index in [9.17, 15) is 9.59 Å². The smallest absolute Gasteiger partial charge is 0.251 e. The molecule has 0 aromatic heterocycles. The molecule has 1 aromatic carbocycles. The lowest BCUT2D eigenvalue weighted by atomic mass is 9.94. The van der Waals surface area contributed by atoms with Gasteiger partial charge in [-0.1, -0.05) is 43.0 Å². The number of ether oxygens (including phenoxy) is 1. The van der Waals surface area contributed by atoms with Crippen LogP contribution in [0.3, 0.4) is 0 Å². The van der Waals surface area contributed by atoms with Crippen LogP contribution in [0.1, 0.15) is 43.7 Å². The molecule has 6 heteroatoms. The summed E-state index contributed by atoms with van der Waals surface area (Å²) in [5.41, 5.74) is 0.846. The van der Waals surface area contributed by atoms with E-state index in [-0.39, 0.29) is 24.5 Å². The molecule has 0 unspecified atom stereocenters. The highest BCUT2D eigenvalue weighted by atomic mass is 35.5. The van der Waals surface area contributed by atoms with Gasteiger partial charge in [0.25, 0.3) is 5.91 Å². The number of carbonyl (C=O) groups excluding carboxylic acids is 2. The van der Waals surface area contributed by atoms with E-state index in [0.717, 1.165) is 31.2 Å². The van der Waals surface area contributed by atoms with Gasteiger partial charge in [0, 0.05) is 18.1 Å². The average Bonchev–Trinajstić information content (AvgIpc) is 2.59. The number of rotatable bonds is 3. The number of likely N-dealkylation sites (N-methyl/N-ethyl adjacent to an activating group) is 1. The highest BCUT2D eigenvalue weighted by Crippen LogP contribution is 2.30. The predicted molar refractivity (Wildman–Crippen MR) is 91.7 cm³/mol. The van der Waals surface area contributed by atoms with Crippen LogP contribution in [0.25, 0.3) is 0 Å². The van der Waals surface area contributed by atoms with Crippen molar-refractivity contribution >= 4 is 23.4 Å². The quantitative estimate of drug-likeness (QED) is 0.911.